The van der Waals surface area contributed by atoms with Crippen molar-refractivity contribution in [1.29, 1.82) is 0 Å². The van der Waals surface area contributed by atoms with Crippen molar-refractivity contribution in [3.8, 4) is 33.8 Å². The first kappa shape index (κ1) is 87.7. The molecule has 27 nitrogen and oxygen atoms in total. The average molecular weight is 1680 g/mol. The summed E-state index contributed by atoms with van der Waals surface area (Å²) in [4.78, 5) is 140. The molecule has 6 aromatic heterocycles. The van der Waals surface area contributed by atoms with E-state index in [0.717, 1.165) is 39.1 Å². The Morgan fingerprint density at radius 3 is 0.884 bits per heavy atom. The second kappa shape index (κ2) is 33.7. The van der Waals surface area contributed by atoms with Gasteiger partial charge in [-0.05, 0) is 201 Å². The summed E-state index contributed by atoms with van der Waals surface area (Å²) in [7, 11) is 0. The molecule has 121 heavy (non-hydrogen) atoms. The van der Waals surface area contributed by atoms with Crippen molar-refractivity contribution in [2.75, 3.05) is 58.9 Å². The van der Waals surface area contributed by atoms with Crippen molar-refractivity contribution in [1.82, 2.24) is 73.2 Å². The van der Waals surface area contributed by atoms with Crippen LogP contribution in [0.15, 0.2) is 110 Å². The van der Waals surface area contributed by atoms with Gasteiger partial charge in [-0.15, -0.1) is 0 Å². The van der Waals surface area contributed by atoms with Crippen LogP contribution in [0.2, 0.25) is 5.02 Å². The lowest BCUT2D eigenvalue weighted by Gasteiger charge is -2.48. The van der Waals surface area contributed by atoms with Gasteiger partial charge in [0.25, 0.3) is 17.7 Å². The highest BCUT2D eigenvalue weighted by atomic mass is 35.5. The lowest BCUT2D eigenvalue weighted by molar-refractivity contribution is -0.153. The molecule has 6 fully saturated rings. The highest BCUT2D eigenvalue weighted by Crippen LogP contribution is 2.41. The van der Waals surface area contributed by atoms with Crippen LogP contribution >= 0.6 is 11.6 Å². The molecule has 6 aliphatic rings. The normalized spacial score (nSPS) is 21.2. The number of hydrogen-bond acceptors (Lipinski definition) is 15. The molecule has 30 heteroatoms. The Hall–Kier alpha value is -11.1. The maximum Gasteiger partial charge on any atom is 0.306 e. The number of piperazine rings is 3. The number of hydrogen-bond donors (Lipinski definition) is 3. The minimum absolute atomic E-state index is 0.0345. The predicted molar refractivity (Wildman–Crippen MR) is 451 cm³/mol. The lowest BCUT2D eigenvalue weighted by Crippen LogP contribution is -2.63. The van der Waals surface area contributed by atoms with Crippen LogP contribution in [0.1, 0.15) is 216 Å². The van der Waals surface area contributed by atoms with Crippen LogP contribution in [-0.4, -0.2) is 217 Å². The molecule has 0 atom stereocenters. The maximum absolute atomic E-state index is 13.9. The zero-order chi connectivity index (χ0) is 87.7. The Labute approximate surface area is 707 Å². The Balaban J connectivity index is 0.000000157. The van der Waals surface area contributed by atoms with Crippen LogP contribution in [0.3, 0.4) is 0 Å². The molecule has 6 amide bonds. The summed E-state index contributed by atoms with van der Waals surface area (Å²) in [5.74, 6) is -5.39. The summed E-state index contributed by atoms with van der Waals surface area (Å²) in [6.07, 6.45) is 10.2. The fourth-order valence-corrected chi connectivity index (χ4v) is 17.9. The zero-order valence-electron chi connectivity index (χ0n) is 71.6. The minimum Gasteiger partial charge on any atom is -0.481 e. The first-order chi connectivity index (χ1) is 56.7. The number of carboxylic acids is 3. The van der Waals surface area contributed by atoms with E-state index in [1.54, 1.807) is 76.0 Å². The van der Waals surface area contributed by atoms with E-state index in [0.29, 0.717) is 162 Å². The van der Waals surface area contributed by atoms with Gasteiger partial charge in [-0.25, -0.2) is 37.3 Å². The summed E-state index contributed by atoms with van der Waals surface area (Å²) in [6, 6.07) is 25.7. The van der Waals surface area contributed by atoms with Crippen LogP contribution in [0.25, 0.3) is 50.7 Å². The number of carbonyl (C=O) groups excluding carboxylic acids is 6. The fourth-order valence-electron chi connectivity index (χ4n) is 17.7. The largest absolute Gasteiger partial charge is 0.481 e. The molecule has 3 aliphatic heterocycles. The van der Waals surface area contributed by atoms with E-state index in [1.165, 1.54) is 24.3 Å². The first-order valence-corrected chi connectivity index (χ1v) is 42.1. The SMILES string of the molecule is CC(C)(C)c1cc(-c2ccc(Cl)cc2)nn2cc(C(=O)N3CCN(C(=O)C4CCC(C(=O)O)CC4)CC3(C)C)nc12.CC(C)(C)c1cc(-c2ccc(F)cc2)nn2cc(C(=O)N3CCN(C(=O)C4CC(C(=O)O)C4)CC3(C)C)nc12.CC(C)(C)c1cc(-c2ccc(F)cc2)nn2cc(C(=O)N3CCN(C(=O)C4CCC(C(=O)O)CC4)CC3(C)C)nc12. The van der Waals surface area contributed by atoms with Gasteiger partial charge in [-0.2, -0.15) is 15.3 Å². The van der Waals surface area contributed by atoms with Gasteiger partial charge in [-0.3, -0.25) is 43.2 Å². The first-order valence-electron chi connectivity index (χ1n) is 41.7. The Kier molecular flexibility index (Phi) is 24.4. The highest BCUT2D eigenvalue weighted by molar-refractivity contribution is 6.30. The molecule has 3 aromatic carbocycles. The number of halogens is 3. The van der Waals surface area contributed by atoms with Gasteiger partial charge in [0, 0.05) is 115 Å². The van der Waals surface area contributed by atoms with Crippen LogP contribution in [-0.2, 0) is 45.0 Å². The topological polar surface area (TPSA) is 324 Å². The van der Waals surface area contributed by atoms with Crippen LogP contribution < -0.4 is 0 Å². The highest BCUT2D eigenvalue weighted by Gasteiger charge is 2.48. The zero-order valence-corrected chi connectivity index (χ0v) is 72.4. The quantitative estimate of drug-likeness (QED) is 0.102. The van der Waals surface area contributed by atoms with Gasteiger partial charge in [0.15, 0.2) is 16.9 Å². The lowest BCUT2D eigenvalue weighted by atomic mass is 9.74. The van der Waals surface area contributed by atoms with Gasteiger partial charge in [-0.1, -0.05) is 86.0 Å². The number of aliphatic carboxylic acids is 3. The van der Waals surface area contributed by atoms with E-state index in [9.17, 15) is 62.1 Å². The molecule has 3 saturated carbocycles. The molecule has 9 aromatic rings. The second-order valence-corrected chi connectivity index (χ2v) is 38.8. The van der Waals surface area contributed by atoms with Gasteiger partial charge in [0.2, 0.25) is 17.7 Å². The number of rotatable bonds is 12. The van der Waals surface area contributed by atoms with Crippen LogP contribution in [0.5, 0.6) is 0 Å². The standard InChI is InChI=1S/C31H38ClN5O4.C31H38FN5O4.C29H34FN5O4/c2*1-30(2,3)23-16-24(19-10-12-22(32)13-11-19)34-37-17-25(33-26(23)37)28(39)36-15-14-35(18-31(36,4)5)27(38)20-6-8-21(9-7-20)29(40)41;1-28(2,3)21-14-22(17-6-8-20(30)9-7-17)32-35-15-23(31-24(21)35)26(37)34-11-10-33(16-29(34,4)5)25(36)18-12-19(13-18)27(38)39/h2*10-13,16-17,20-21H,6-9,14-15,18H2,1-5H3,(H,40,41);6-9,14-15,18-19H,10-13,16H2,1-5H3,(H,38,39). The van der Waals surface area contributed by atoms with E-state index in [1.807, 2.05) is 93.8 Å². The third-order valence-corrected chi connectivity index (χ3v) is 25.1. The van der Waals surface area contributed by atoms with E-state index < -0.39 is 40.4 Å². The third kappa shape index (κ3) is 18.9. The number of carbonyl (C=O) groups is 9. The van der Waals surface area contributed by atoms with Crippen LogP contribution in [0, 0.1) is 47.1 Å². The number of carboxylic acid groups (broad SMARTS) is 3. The molecule has 3 aliphatic carbocycles. The minimum atomic E-state index is -0.851. The van der Waals surface area contributed by atoms with Crippen molar-refractivity contribution in [3.05, 3.63) is 160 Å². The van der Waals surface area contributed by atoms with Crippen molar-refractivity contribution >= 4 is 81.9 Å². The molecule has 0 radical (unpaired) electrons. The summed E-state index contributed by atoms with van der Waals surface area (Å²) < 4.78 is 32.0. The summed E-state index contributed by atoms with van der Waals surface area (Å²) >= 11 is 6.10. The van der Waals surface area contributed by atoms with Crippen molar-refractivity contribution in [3.63, 3.8) is 0 Å². The molecule has 642 valence electrons. The molecule has 0 spiro atoms. The summed E-state index contributed by atoms with van der Waals surface area (Å²) in [5.41, 5.74) is 7.28. The number of imidazole rings is 3. The monoisotopic (exact) mass is 1680 g/mol. The van der Waals surface area contributed by atoms with Gasteiger partial charge in [0.1, 0.15) is 28.7 Å². The van der Waals surface area contributed by atoms with E-state index in [2.05, 4.69) is 67.4 Å². The summed E-state index contributed by atoms with van der Waals surface area (Å²) in [5, 5.41) is 42.5. The van der Waals surface area contributed by atoms with Gasteiger partial charge >= 0.3 is 17.9 Å². The Morgan fingerprint density at radius 2 is 0.628 bits per heavy atom. The molecule has 3 N–H and O–H groups in total. The van der Waals surface area contributed by atoms with Crippen molar-refractivity contribution in [2.45, 2.75) is 201 Å². The van der Waals surface area contributed by atoms with Crippen LogP contribution in [0.4, 0.5) is 8.78 Å². The Morgan fingerprint density at radius 1 is 0.372 bits per heavy atom. The Bertz CT molecular complexity index is 5260. The number of benzene rings is 3. The average Bonchev–Trinajstić information content (AvgIpc) is 1.64. The van der Waals surface area contributed by atoms with E-state index in [-0.39, 0.29) is 104 Å². The predicted octanol–water partition coefficient (Wildman–Crippen LogP) is 14.1. The molecule has 15 rings (SSSR count). The fraction of sp³-hybridized carbons (Fsp3) is 0.505. The molecule has 9 heterocycles. The molecular weight excluding hydrogens is 1570 g/mol. The number of fused-ring (bicyclic) bond motifs is 3. The molecular formula is C91H110ClF2N15O12. The van der Waals surface area contributed by atoms with Gasteiger partial charge < -0.3 is 44.7 Å². The number of amides is 6. The third-order valence-electron chi connectivity index (χ3n) is 24.8. The van der Waals surface area contributed by atoms with Crippen molar-refractivity contribution < 1.29 is 67.3 Å². The summed E-state index contributed by atoms with van der Waals surface area (Å²) in [6.45, 7) is 33.9. The van der Waals surface area contributed by atoms with E-state index in [4.69, 9.17) is 41.9 Å². The molecule has 0 unspecified atom stereocenters. The number of aromatic nitrogens is 9. The molecule has 0 bridgehead atoms. The maximum atomic E-state index is 13.9. The molecule has 3 saturated heterocycles. The smallest absolute Gasteiger partial charge is 0.306 e. The number of nitrogens with zero attached hydrogens (tertiary/aromatic N) is 15. The van der Waals surface area contributed by atoms with E-state index >= 15 is 0 Å². The second-order valence-electron chi connectivity index (χ2n) is 38.3. The van der Waals surface area contributed by atoms with Gasteiger partial charge in [0.05, 0.1) is 70.0 Å². The van der Waals surface area contributed by atoms with Crippen molar-refractivity contribution in [2.24, 2.45) is 35.5 Å².